The lowest BCUT2D eigenvalue weighted by molar-refractivity contribution is 0.199. The summed E-state index contributed by atoms with van der Waals surface area (Å²) in [7, 11) is 2.13. The average molecular weight is 341 g/mol. The van der Waals surface area contributed by atoms with Gasteiger partial charge in [0, 0.05) is 47.8 Å². The first-order chi connectivity index (χ1) is 12.1. The highest BCUT2D eigenvalue weighted by molar-refractivity contribution is 5.91. The van der Waals surface area contributed by atoms with Crippen LogP contribution < -0.4 is 5.32 Å². The fraction of sp³-hybridized carbons (Fsp3) is 0.300. The van der Waals surface area contributed by atoms with Crippen molar-refractivity contribution < 1.29 is 8.78 Å². The molecule has 1 atom stereocenters. The van der Waals surface area contributed by atoms with Gasteiger partial charge in [0.2, 0.25) is 0 Å². The van der Waals surface area contributed by atoms with Crippen LogP contribution >= 0.6 is 0 Å². The van der Waals surface area contributed by atoms with Crippen LogP contribution in [0.3, 0.4) is 0 Å². The largest absolute Gasteiger partial charge is 0.354 e. The van der Waals surface area contributed by atoms with Crippen LogP contribution in [0.5, 0.6) is 0 Å². The molecule has 25 heavy (non-hydrogen) atoms. The molecule has 0 radical (unpaired) electrons. The van der Waals surface area contributed by atoms with Crippen molar-refractivity contribution in [3.8, 4) is 11.3 Å². The van der Waals surface area contributed by atoms with Gasteiger partial charge in [-0.25, -0.2) is 8.78 Å². The molecule has 2 aromatic carbocycles. The van der Waals surface area contributed by atoms with Crippen molar-refractivity contribution in [3.05, 3.63) is 59.7 Å². The maximum atomic E-state index is 13.7. The summed E-state index contributed by atoms with van der Waals surface area (Å²) >= 11 is 0. The first-order valence-electron chi connectivity index (χ1n) is 8.59. The molecule has 1 saturated heterocycles. The number of halogens is 2. The first-order valence-corrected chi connectivity index (χ1v) is 8.59. The van der Waals surface area contributed by atoms with Crippen LogP contribution in [0.25, 0.3) is 22.2 Å². The standard InChI is InChI=1S/C20H21F2N3/c1-25-8-7-23-12-16(25)11-18-17-6-5-15(22)10-19(17)24-20(18)13-3-2-4-14(21)9-13/h2-6,9-10,16,23-24H,7-8,11-12H2,1H3/t16-/m0/s1. The Hall–Kier alpha value is -2.24. The summed E-state index contributed by atoms with van der Waals surface area (Å²) in [6.07, 6.45) is 0.820. The van der Waals surface area contributed by atoms with E-state index >= 15 is 0 Å². The molecule has 1 aliphatic heterocycles. The van der Waals surface area contributed by atoms with E-state index in [9.17, 15) is 8.78 Å². The lowest BCUT2D eigenvalue weighted by Crippen LogP contribution is -2.50. The summed E-state index contributed by atoms with van der Waals surface area (Å²) in [6.45, 7) is 2.90. The maximum Gasteiger partial charge on any atom is 0.125 e. The van der Waals surface area contributed by atoms with Gasteiger partial charge < -0.3 is 15.2 Å². The monoisotopic (exact) mass is 341 g/mol. The smallest absolute Gasteiger partial charge is 0.125 e. The quantitative estimate of drug-likeness (QED) is 0.763. The Balaban J connectivity index is 1.83. The van der Waals surface area contributed by atoms with Crippen molar-refractivity contribution in [1.29, 1.82) is 0 Å². The predicted octanol–water partition coefficient (Wildman–Crippen LogP) is 3.56. The fourth-order valence-corrected chi connectivity index (χ4v) is 3.66. The van der Waals surface area contributed by atoms with Crippen molar-refractivity contribution >= 4 is 10.9 Å². The van der Waals surface area contributed by atoms with Crippen LogP contribution in [0, 0.1) is 11.6 Å². The van der Waals surface area contributed by atoms with Crippen molar-refractivity contribution in [2.75, 3.05) is 26.7 Å². The number of piperazine rings is 1. The number of hydrogen-bond donors (Lipinski definition) is 2. The summed E-state index contributed by atoms with van der Waals surface area (Å²) < 4.78 is 27.4. The van der Waals surface area contributed by atoms with E-state index in [0.29, 0.717) is 6.04 Å². The number of hydrogen-bond acceptors (Lipinski definition) is 2. The molecule has 3 aromatic rings. The van der Waals surface area contributed by atoms with E-state index in [2.05, 4.69) is 22.2 Å². The van der Waals surface area contributed by atoms with Crippen molar-refractivity contribution in [1.82, 2.24) is 15.2 Å². The normalized spacial score (nSPS) is 18.8. The van der Waals surface area contributed by atoms with Crippen molar-refractivity contribution in [2.24, 2.45) is 0 Å². The third-order valence-corrected chi connectivity index (χ3v) is 5.07. The SMILES string of the molecule is CN1CCNC[C@@H]1Cc1c(-c2cccc(F)c2)[nH]c2cc(F)ccc12. The molecule has 5 heteroatoms. The lowest BCUT2D eigenvalue weighted by Gasteiger charge is -2.33. The highest BCUT2D eigenvalue weighted by Crippen LogP contribution is 2.32. The van der Waals surface area contributed by atoms with Gasteiger partial charge in [0.25, 0.3) is 0 Å². The van der Waals surface area contributed by atoms with E-state index in [4.69, 9.17) is 0 Å². The van der Waals surface area contributed by atoms with Crippen LogP contribution in [0.2, 0.25) is 0 Å². The Morgan fingerprint density at radius 2 is 1.96 bits per heavy atom. The minimum atomic E-state index is -0.275. The van der Waals surface area contributed by atoms with E-state index in [-0.39, 0.29) is 11.6 Å². The molecule has 2 N–H and O–H groups in total. The molecule has 4 rings (SSSR count). The first kappa shape index (κ1) is 16.2. The van der Waals surface area contributed by atoms with Gasteiger partial charge in [-0.3, -0.25) is 0 Å². The lowest BCUT2D eigenvalue weighted by atomic mass is 9.97. The number of nitrogens with zero attached hydrogens (tertiary/aromatic N) is 1. The molecule has 3 nitrogen and oxygen atoms in total. The van der Waals surface area contributed by atoms with Gasteiger partial charge >= 0.3 is 0 Å². The highest BCUT2D eigenvalue weighted by Gasteiger charge is 2.23. The molecule has 0 aliphatic carbocycles. The van der Waals surface area contributed by atoms with Crippen molar-refractivity contribution in [3.63, 3.8) is 0 Å². The summed E-state index contributed by atoms with van der Waals surface area (Å²) in [5.41, 5.74) is 3.53. The predicted molar refractivity (Wildman–Crippen MR) is 96.6 cm³/mol. The Bertz CT molecular complexity index is 903. The van der Waals surface area contributed by atoms with Gasteiger partial charge in [-0.05, 0) is 49.4 Å². The van der Waals surface area contributed by atoms with Crippen LogP contribution in [-0.4, -0.2) is 42.6 Å². The number of likely N-dealkylation sites (N-methyl/N-ethyl adjacent to an activating group) is 1. The van der Waals surface area contributed by atoms with E-state index < -0.39 is 0 Å². The second-order valence-corrected chi connectivity index (χ2v) is 6.72. The summed E-state index contributed by atoms with van der Waals surface area (Å²) in [5, 5.41) is 4.43. The Labute approximate surface area is 145 Å². The molecular formula is C20H21F2N3. The number of benzene rings is 2. The highest BCUT2D eigenvalue weighted by atomic mass is 19.1. The van der Waals surface area contributed by atoms with Crippen LogP contribution in [0.4, 0.5) is 8.78 Å². The Kier molecular flexibility index (Phi) is 4.27. The minimum Gasteiger partial charge on any atom is -0.354 e. The van der Waals surface area contributed by atoms with Gasteiger partial charge in [-0.2, -0.15) is 0 Å². The molecule has 2 heterocycles. The number of aromatic nitrogens is 1. The molecule has 1 fully saturated rings. The Morgan fingerprint density at radius 1 is 1.12 bits per heavy atom. The van der Waals surface area contributed by atoms with Crippen LogP contribution in [-0.2, 0) is 6.42 Å². The van der Waals surface area contributed by atoms with E-state index in [1.807, 2.05) is 12.1 Å². The summed E-state index contributed by atoms with van der Waals surface area (Å²) in [4.78, 5) is 5.65. The second-order valence-electron chi connectivity index (χ2n) is 6.72. The van der Waals surface area contributed by atoms with Crippen LogP contribution in [0.15, 0.2) is 42.5 Å². The van der Waals surface area contributed by atoms with Gasteiger partial charge in [0.1, 0.15) is 11.6 Å². The molecule has 0 spiro atoms. The molecule has 0 bridgehead atoms. The Morgan fingerprint density at radius 3 is 2.76 bits per heavy atom. The number of aromatic amines is 1. The maximum absolute atomic E-state index is 13.7. The van der Waals surface area contributed by atoms with Crippen LogP contribution in [0.1, 0.15) is 5.56 Å². The number of nitrogens with one attached hydrogen (secondary N) is 2. The molecule has 1 aliphatic rings. The molecular weight excluding hydrogens is 320 g/mol. The zero-order chi connectivity index (χ0) is 17.4. The second kappa shape index (κ2) is 6.58. The summed E-state index contributed by atoms with van der Waals surface area (Å²) in [6, 6.07) is 11.7. The zero-order valence-electron chi connectivity index (χ0n) is 14.2. The molecule has 130 valence electrons. The van der Waals surface area contributed by atoms with Gasteiger partial charge in [0.15, 0.2) is 0 Å². The summed E-state index contributed by atoms with van der Waals surface area (Å²) in [5.74, 6) is -0.549. The number of rotatable bonds is 3. The number of fused-ring (bicyclic) bond motifs is 1. The third-order valence-electron chi connectivity index (χ3n) is 5.07. The third kappa shape index (κ3) is 3.17. The minimum absolute atomic E-state index is 0.273. The van der Waals surface area contributed by atoms with E-state index in [0.717, 1.165) is 53.8 Å². The molecule has 0 amide bonds. The average Bonchev–Trinajstić information content (AvgIpc) is 2.94. The van der Waals surface area contributed by atoms with Crippen molar-refractivity contribution in [2.45, 2.75) is 12.5 Å². The zero-order valence-corrected chi connectivity index (χ0v) is 14.2. The van der Waals surface area contributed by atoms with Gasteiger partial charge in [-0.1, -0.05) is 12.1 Å². The van der Waals surface area contributed by atoms with Gasteiger partial charge in [0.05, 0.1) is 0 Å². The molecule has 0 unspecified atom stereocenters. The topological polar surface area (TPSA) is 31.1 Å². The number of H-pyrrole nitrogens is 1. The van der Waals surface area contributed by atoms with E-state index in [1.54, 1.807) is 6.07 Å². The molecule has 0 saturated carbocycles. The molecule has 1 aromatic heterocycles. The fourth-order valence-electron chi connectivity index (χ4n) is 3.66. The van der Waals surface area contributed by atoms with Gasteiger partial charge in [-0.15, -0.1) is 0 Å². The van der Waals surface area contributed by atoms with E-state index in [1.165, 1.54) is 24.3 Å².